The molecule has 0 atom stereocenters. The molecule has 0 amide bonds. The standard InChI is InChI=1S/C26H22FN2O3S/c1-32-25-13-12-19(27)16-22(25)21-14-15-28-26-23(21)17-24(18-8-4-2-5-9-18)29(26)33(30,31)20-10-6-3-7-11-20/h2-3,6-8,10-17H,4-5,9H2,1H3. The van der Waals surface area contributed by atoms with Crippen LogP contribution in [0.4, 0.5) is 4.39 Å². The van der Waals surface area contributed by atoms with Gasteiger partial charge in [-0.05, 0) is 79.3 Å². The van der Waals surface area contributed by atoms with E-state index in [1.165, 1.54) is 23.2 Å². The van der Waals surface area contributed by atoms with Crippen molar-refractivity contribution in [2.75, 3.05) is 7.11 Å². The van der Waals surface area contributed by atoms with Gasteiger partial charge in [0.25, 0.3) is 10.0 Å². The molecule has 0 saturated heterocycles. The highest BCUT2D eigenvalue weighted by Gasteiger charge is 2.27. The zero-order valence-electron chi connectivity index (χ0n) is 18.0. The molecule has 33 heavy (non-hydrogen) atoms. The van der Waals surface area contributed by atoms with E-state index in [1.54, 1.807) is 48.7 Å². The zero-order chi connectivity index (χ0) is 23.0. The number of hydrogen-bond acceptors (Lipinski definition) is 4. The second kappa shape index (κ2) is 8.48. The van der Waals surface area contributed by atoms with Crippen LogP contribution in [0, 0.1) is 12.2 Å². The lowest BCUT2D eigenvalue weighted by Gasteiger charge is -2.16. The van der Waals surface area contributed by atoms with Crippen molar-refractivity contribution in [3.63, 3.8) is 0 Å². The lowest BCUT2D eigenvalue weighted by molar-refractivity contribution is 0.415. The minimum absolute atomic E-state index is 0.183. The number of benzene rings is 2. The molecule has 1 radical (unpaired) electrons. The lowest BCUT2D eigenvalue weighted by Crippen LogP contribution is -2.16. The number of nitrogens with zero attached hydrogens (tertiary/aromatic N) is 2. The van der Waals surface area contributed by atoms with E-state index in [0.717, 1.165) is 24.8 Å². The molecule has 5 nitrogen and oxygen atoms in total. The summed E-state index contributed by atoms with van der Waals surface area (Å²) in [6.45, 7) is 0. The van der Waals surface area contributed by atoms with E-state index in [-0.39, 0.29) is 4.90 Å². The Balaban J connectivity index is 1.85. The molecule has 167 valence electrons. The van der Waals surface area contributed by atoms with Gasteiger partial charge < -0.3 is 4.74 Å². The molecule has 0 bridgehead atoms. The molecule has 2 aromatic carbocycles. The minimum atomic E-state index is -3.93. The molecule has 2 aromatic heterocycles. The van der Waals surface area contributed by atoms with Crippen molar-refractivity contribution in [2.45, 2.75) is 24.2 Å². The molecule has 5 rings (SSSR count). The van der Waals surface area contributed by atoms with E-state index in [2.05, 4.69) is 17.5 Å². The van der Waals surface area contributed by atoms with Gasteiger partial charge in [0, 0.05) is 17.1 Å². The third kappa shape index (κ3) is 3.72. The van der Waals surface area contributed by atoms with Crippen LogP contribution < -0.4 is 4.74 Å². The molecule has 0 spiro atoms. The Kier molecular flexibility index (Phi) is 5.50. The van der Waals surface area contributed by atoms with Crippen LogP contribution in [0.25, 0.3) is 27.7 Å². The molecule has 0 unspecified atom stereocenters. The monoisotopic (exact) mass is 461 g/mol. The average molecular weight is 462 g/mol. The van der Waals surface area contributed by atoms with Crippen LogP contribution in [0.3, 0.4) is 0 Å². The number of halogens is 1. The number of rotatable bonds is 5. The highest BCUT2D eigenvalue weighted by atomic mass is 32.2. The summed E-state index contributed by atoms with van der Waals surface area (Å²) in [7, 11) is -2.40. The third-order valence-electron chi connectivity index (χ3n) is 5.87. The first-order valence-electron chi connectivity index (χ1n) is 10.7. The van der Waals surface area contributed by atoms with Gasteiger partial charge >= 0.3 is 0 Å². The Hall–Kier alpha value is -3.45. The van der Waals surface area contributed by atoms with Crippen molar-refractivity contribution in [1.29, 1.82) is 0 Å². The molecule has 1 aliphatic rings. The number of ether oxygens (including phenoxy) is 1. The summed E-state index contributed by atoms with van der Waals surface area (Å²) in [5.41, 5.74) is 3.02. The smallest absolute Gasteiger partial charge is 0.269 e. The van der Waals surface area contributed by atoms with Crippen molar-refractivity contribution in [3.8, 4) is 16.9 Å². The van der Waals surface area contributed by atoms with Crippen molar-refractivity contribution < 1.29 is 17.5 Å². The molecular formula is C26H22FN2O3S. The Labute approximate surface area is 192 Å². The van der Waals surface area contributed by atoms with E-state index in [1.807, 2.05) is 6.07 Å². The highest BCUT2D eigenvalue weighted by Crippen LogP contribution is 2.39. The summed E-state index contributed by atoms with van der Waals surface area (Å²) in [6.07, 6.45) is 8.16. The van der Waals surface area contributed by atoms with Crippen LogP contribution in [0.5, 0.6) is 5.75 Å². The van der Waals surface area contributed by atoms with Gasteiger partial charge in [-0.3, -0.25) is 0 Å². The van der Waals surface area contributed by atoms with E-state index >= 15 is 0 Å². The summed E-state index contributed by atoms with van der Waals surface area (Å²) in [6, 6.07) is 16.2. The average Bonchev–Trinajstić information content (AvgIpc) is 3.26. The number of methoxy groups -OCH3 is 1. The van der Waals surface area contributed by atoms with E-state index in [0.29, 0.717) is 33.6 Å². The Morgan fingerprint density at radius 1 is 1.03 bits per heavy atom. The fourth-order valence-electron chi connectivity index (χ4n) is 4.30. The molecule has 0 saturated carbocycles. The van der Waals surface area contributed by atoms with Gasteiger partial charge in [-0.15, -0.1) is 0 Å². The van der Waals surface area contributed by atoms with Gasteiger partial charge in [0.2, 0.25) is 0 Å². The topological polar surface area (TPSA) is 61.2 Å². The molecule has 0 N–H and O–H groups in total. The minimum Gasteiger partial charge on any atom is -0.496 e. The van der Waals surface area contributed by atoms with Crippen molar-refractivity contribution >= 4 is 26.6 Å². The van der Waals surface area contributed by atoms with E-state index < -0.39 is 15.8 Å². The predicted octanol–water partition coefficient (Wildman–Crippen LogP) is 5.86. The quantitative estimate of drug-likeness (QED) is 0.374. The molecule has 4 aromatic rings. The van der Waals surface area contributed by atoms with Crippen LogP contribution in [0.15, 0.2) is 77.8 Å². The van der Waals surface area contributed by atoms with Gasteiger partial charge in [-0.1, -0.05) is 24.3 Å². The third-order valence-corrected chi connectivity index (χ3v) is 7.59. The summed E-state index contributed by atoms with van der Waals surface area (Å²) in [5.74, 6) is 0.0912. The fraction of sp³-hybridized carbons (Fsp3) is 0.154. The molecule has 7 heteroatoms. The van der Waals surface area contributed by atoms with Crippen molar-refractivity contribution in [2.24, 2.45) is 0 Å². The second-order valence-electron chi connectivity index (χ2n) is 7.84. The number of allylic oxidation sites excluding steroid dienone is 2. The first kappa shape index (κ1) is 21.4. The molecule has 1 aliphatic carbocycles. The maximum absolute atomic E-state index is 14.2. The van der Waals surface area contributed by atoms with Gasteiger partial charge in [0.15, 0.2) is 5.65 Å². The summed E-state index contributed by atoms with van der Waals surface area (Å²) in [4.78, 5) is 4.65. The molecule has 0 fully saturated rings. The number of pyridine rings is 1. The second-order valence-corrected chi connectivity index (χ2v) is 9.63. The van der Waals surface area contributed by atoms with Crippen LogP contribution in [0.2, 0.25) is 0 Å². The van der Waals surface area contributed by atoms with Gasteiger partial charge in [0.05, 0.1) is 17.7 Å². The maximum atomic E-state index is 14.2. The lowest BCUT2D eigenvalue weighted by atomic mass is 9.96. The van der Waals surface area contributed by atoms with E-state index in [4.69, 9.17) is 4.74 Å². The SMILES string of the molecule is COc1ccc(F)cc1-c1ccnc2c1cc(C1=CC[CH]CC1)n2S(=O)(=O)c1ccccc1. The first-order valence-corrected chi connectivity index (χ1v) is 12.1. The Morgan fingerprint density at radius 3 is 2.58 bits per heavy atom. The van der Waals surface area contributed by atoms with Crippen LogP contribution in [-0.4, -0.2) is 24.5 Å². The summed E-state index contributed by atoms with van der Waals surface area (Å²) < 4.78 is 48.6. The van der Waals surface area contributed by atoms with Crippen LogP contribution in [0.1, 0.15) is 25.0 Å². The Bertz CT molecular complexity index is 1470. The molecule has 0 aliphatic heterocycles. The predicted molar refractivity (Wildman–Crippen MR) is 127 cm³/mol. The Morgan fingerprint density at radius 2 is 1.85 bits per heavy atom. The summed E-state index contributed by atoms with van der Waals surface area (Å²) in [5, 5.41) is 0.617. The fourth-order valence-corrected chi connectivity index (χ4v) is 5.82. The number of hydrogen-bond donors (Lipinski definition) is 0. The number of fused-ring (bicyclic) bond motifs is 1. The van der Waals surface area contributed by atoms with E-state index in [9.17, 15) is 12.8 Å². The van der Waals surface area contributed by atoms with Gasteiger partial charge in [-0.2, -0.15) is 0 Å². The summed E-state index contributed by atoms with van der Waals surface area (Å²) >= 11 is 0. The maximum Gasteiger partial charge on any atom is 0.269 e. The van der Waals surface area contributed by atoms with Crippen LogP contribution >= 0.6 is 0 Å². The number of aromatic nitrogens is 2. The molecular weight excluding hydrogens is 439 g/mol. The first-order chi connectivity index (χ1) is 16.0. The normalized spacial score (nSPS) is 14.3. The molecule has 2 heterocycles. The largest absolute Gasteiger partial charge is 0.496 e. The highest BCUT2D eigenvalue weighted by molar-refractivity contribution is 7.90. The zero-order valence-corrected chi connectivity index (χ0v) is 18.8. The van der Waals surface area contributed by atoms with Gasteiger partial charge in [0.1, 0.15) is 11.6 Å². The van der Waals surface area contributed by atoms with Crippen LogP contribution in [-0.2, 0) is 10.0 Å². The van der Waals surface area contributed by atoms with Gasteiger partial charge in [-0.25, -0.2) is 21.8 Å². The van der Waals surface area contributed by atoms with Crippen molar-refractivity contribution in [1.82, 2.24) is 8.96 Å². The van der Waals surface area contributed by atoms with Crippen molar-refractivity contribution in [3.05, 3.63) is 90.9 Å².